The lowest BCUT2D eigenvalue weighted by Crippen LogP contribution is -2.30. The molecule has 0 heterocycles. The van der Waals surface area contributed by atoms with Crippen LogP contribution in [-0.2, 0) is 21.4 Å². The van der Waals surface area contributed by atoms with Gasteiger partial charge in [-0.2, -0.15) is 0 Å². The average Bonchev–Trinajstić information content (AvgIpc) is 2.55. The van der Waals surface area contributed by atoms with E-state index >= 15 is 0 Å². The molecule has 0 saturated heterocycles. The van der Waals surface area contributed by atoms with Gasteiger partial charge in [0.25, 0.3) is 15.9 Å². The highest BCUT2D eigenvalue weighted by Gasteiger charge is 2.19. The van der Waals surface area contributed by atoms with Crippen molar-refractivity contribution in [3.8, 4) is 0 Å². The Morgan fingerprint density at radius 2 is 1.54 bits per heavy atom. The van der Waals surface area contributed by atoms with Crippen LogP contribution in [0.15, 0.2) is 53.4 Å². The number of nitrogens with one attached hydrogen (secondary N) is 1. The zero-order valence-corrected chi connectivity index (χ0v) is 13.7. The van der Waals surface area contributed by atoms with E-state index in [1.54, 1.807) is 19.2 Å². The second-order valence-corrected chi connectivity index (χ2v) is 6.64. The van der Waals surface area contributed by atoms with Gasteiger partial charge < -0.3 is 10.5 Å². The Morgan fingerprint density at radius 3 is 2.04 bits per heavy atom. The standard InChI is InChI=1S/C16H16N2O5S/c1-23-10-11-2-4-13(5-3-11)16(20)18-24(21,22)14-8-6-12(7-9-14)15(17)19/h2-9H,10H2,1H3,(H2,17,19)(H,18,20). The van der Waals surface area contributed by atoms with E-state index in [2.05, 4.69) is 0 Å². The van der Waals surface area contributed by atoms with Crippen LogP contribution in [0.5, 0.6) is 0 Å². The Hall–Kier alpha value is -2.71. The van der Waals surface area contributed by atoms with Crippen LogP contribution in [0.4, 0.5) is 0 Å². The van der Waals surface area contributed by atoms with Crippen molar-refractivity contribution in [3.63, 3.8) is 0 Å². The zero-order chi connectivity index (χ0) is 17.7. The number of benzene rings is 2. The Kier molecular flexibility index (Phi) is 5.32. The number of hydrogen-bond acceptors (Lipinski definition) is 5. The second kappa shape index (κ2) is 7.24. The lowest BCUT2D eigenvalue weighted by Gasteiger charge is -2.08. The monoisotopic (exact) mass is 348 g/mol. The quantitative estimate of drug-likeness (QED) is 0.809. The molecule has 0 aliphatic carbocycles. The first-order valence-electron chi connectivity index (χ1n) is 6.88. The van der Waals surface area contributed by atoms with E-state index in [0.29, 0.717) is 6.61 Å². The highest BCUT2D eigenvalue weighted by atomic mass is 32.2. The number of carbonyl (C=O) groups is 2. The van der Waals surface area contributed by atoms with Crippen LogP contribution < -0.4 is 10.5 Å². The molecule has 2 aromatic carbocycles. The molecule has 0 unspecified atom stereocenters. The van der Waals surface area contributed by atoms with Crippen molar-refractivity contribution in [1.82, 2.24) is 4.72 Å². The van der Waals surface area contributed by atoms with Gasteiger partial charge in [0.1, 0.15) is 0 Å². The van der Waals surface area contributed by atoms with Crippen molar-refractivity contribution in [1.29, 1.82) is 0 Å². The number of ether oxygens (including phenoxy) is 1. The van der Waals surface area contributed by atoms with Crippen molar-refractivity contribution in [3.05, 3.63) is 65.2 Å². The van der Waals surface area contributed by atoms with E-state index in [9.17, 15) is 18.0 Å². The summed E-state index contributed by atoms with van der Waals surface area (Å²) < 4.78 is 31.3. The zero-order valence-electron chi connectivity index (χ0n) is 12.9. The second-order valence-electron chi connectivity index (χ2n) is 4.95. The third-order valence-electron chi connectivity index (χ3n) is 3.20. The third-order valence-corrected chi connectivity index (χ3v) is 4.55. The van der Waals surface area contributed by atoms with Gasteiger partial charge in [-0.15, -0.1) is 0 Å². The fourth-order valence-corrected chi connectivity index (χ4v) is 2.93. The van der Waals surface area contributed by atoms with Crippen molar-refractivity contribution >= 4 is 21.8 Å². The molecule has 0 aromatic heterocycles. The lowest BCUT2D eigenvalue weighted by molar-refractivity contribution is 0.0977. The highest BCUT2D eigenvalue weighted by Crippen LogP contribution is 2.12. The molecule has 0 aliphatic rings. The minimum Gasteiger partial charge on any atom is -0.380 e. The van der Waals surface area contributed by atoms with Crippen molar-refractivity contribution in [2.45, 2.75) is 11.5 Å². The summed E-state index contributed by atoms with van der Waals surface area (Å²) in [7, 11) is -2.49. The number of rotatable bonds is 6. The minimum atomic E-state index is -4.05. The van der Waals surface area contributed by atoms with Crippen LogP contribution in [0.2, 0.25) is 0 Å². The SMILES string of the molecule is COCc1ccc(C(=O)NS(=O)(=O)c2ccc(C(N)=O)cc2)cc1. The largest absolute Gasteiger partial charge is 0.380 e. The van der Waals surface area contributed by atoms with Gasteiger partial charge in [0.05, 0.1) is 11.5 Å². The van der Waals surface area contributed by atoms with E-state index in [0.717, 1.165) is 5.56 Å². The van der Waals surface area contributed by atoms with Crippen molar-refractivity contribution in [2.24, 2.45) is 5.73 Å². The van der Waals surface area contributed by atoms with Gasteiger partial charge in [0.2, 0.25) is 5.91 Å². The van der Waals surface area contributed by atoms with Crippen LogP contribution in [0, 0.1) is 0 Å². The summed E-state index contributed by atoms with van der Waals surface area (Å²) >= 11 is 0. The van der Waals surface area contributed by atoms with Gasteiger partial charge in [-0.1, -0.05) is 12.1 Å². The van der Waals surface area contributed by atoms with Crippen molar-refractivity contribution < 1.29 is 22.7 Å². The normalized spacial score (nSPS) is 11.0. The molecule has 0 atom stereocenters. The molecule has 24 heavy (non-hydrogen) atoms. The summed E-state index contributed by atoms with van der Waals surface area (Å²) in [4.78, 5) is 22.9. The molecule has 0 radical (unpaired) electrons. The maximum atomic E-state index is 12.2. The first-order chi connectivity index (χ1) is 11.3. The van der Waals surface area contributed by atoms with Crippen LogP contribution in [0.25, 0.3) is 0 Å². The summed E-state index contributed by atoms with van der Waals surface area (Å²) in [5, 5.41) is 0. The number of nitrogens with two attached hydrogens (primary N) is 1. The Morgan fingerprint density at radius 1 is 1.00 bits per heavy atom. The Balaban J connectivity index is 2.15. The van der Waals surface area contributed by atoms with E-state index in [1.807, 2.05) is 4.72 Å². The summed E-state index contributed by atoms with van der Waals surface area (Å²) in [5.74, 6) is -1.42. The van der Waals surface area contributed by atoms with Crippen LogP contribution in [0.3, 0.4) is 0 Å². The van der Waals surface area contributed by atoms with E-state index in [-0.39, 0.29) is 16.0 Å². The molecule has 0 bridgehead atoms. The molecule has 0 saturated carbocycles. The van der Waals surface area contributed by atoms with Gasteiger partial charge in [-0.25, -0.2) is 13.1 Å². The van der Waals surface area contributed by atoms with Gasteiger partial charge in [0, 0.05) is 18.2 Å². The predicted octanol–water partition coefficient (Wildman–Crippen LogP) is 1.05. The van der Waals surface area contributed by atoms with E-state index < -0.39 is 21.8 Å². The van der Waals surface area contributed by atoms with Crippen LogP contribution in [-0.4, -0.2) is 27.3 Å². The van der Waals surface area contributed by atoms with Gasteiger partial charge in [-0.3, -0.25) is 9.59 Å². The molecule has 8 heteroatoms. The Labute approximate surface area is 139 Å². The van der Waals surface area contributed by atoms with E-state index in [4.69, 9.17) is 10.5 Å². The summed E-state index contributed by atoms with van der Waals surface area (Å²) in [5.41, 5.74) is 6.33. The van der Waals surface area contributed by atoms with Crippen molar-refractivity contribution in [2.75, 3.05) is 7.11 Å². The van der Waals surface area contributed by atoms with E-state index in [1.165, 1.54) is 36.4 Å². The highest BCUT2D eigenvalue weighted by molar-refractivity contribution is 7.90. The number of sulfonamides is 1. The predicted molar refractivity (Wildman–Crippen MR) is 86.8 cm³/mol. The average molecular weight is 348 g/mol. The molecule has 2 aromatic rings. The number of hydrogen-bond donors (Lipinski definition) is 2. The lowest BCUT2D eigenvalue weighted by atomic mass is 10.1. The molecular formula is C16H16N2O5S. The fraction of sp³-hybridized carbons (Fsp3) is 0.125. The maximum absolute atomic E-state index is 12.2. The molecule has 0 aliphatic heterocycles. The Bertz CT molecular complexity index is 843. The third kappa shape index (κ3) is 4.18. The molecule has 7 nitrogen and oxygen atoms in total. The van der Waals surface area contributed by atoms with Gasteiger partial charge in [0.15, 0.2) is 0 Å². The summed E-state index contributed by atoms with van der Waals surface area (Å²) in [6.45, 7) is 0.395. The molecular weight excluding hydrogens is 332 g/mol. The minimum absolute atomic E-state index is 0.142. The number of primary amides is 1. The molecule has 0 fully saturated rings. The van der Waals surface area contributed by atoms with Gasteiger partial charge in [-0.05, 0) is 42.0 Å². The van der Waals surface area contributed by atoms with Crippen LogP contribution >= 0.6 is 0 Å². The summed E-state index contributed by atoms with van der Waals surface area (Å²) in [6, 6.07) is 11.3. The first-order valence-corrected chi connectivity index (χ1v) is 8.36. The first kappa shape index (κ1) is 17.6. The van der Waals surface area contributed by atoms with Gasteiger partial charge >= 0.3 is 0 Å². The topological polar surface area (TPSA) is 116 Å². The number of methoxy groups -OCH3 is 1. The number of carbonyl (C=O) groups excluding carboxylic acids is 2. The van der Waals surface area contributed by atoms with Crippen LogP contribution in [0.1, 0.15) is 26.3 Å². The molecule has 126 valence electrons. The molecule has 2 rings (SSSR count). The fourth-order valence-electron chi connectivity index (χ4n) is 1.96. The molecule has 3 N–H and O–H groups in total. The number of amides is 2. The summed E-state index contributed by atoms with van der Waals surface area (Å²) in [6.07, 6.45) is 0. The molecule has 0 spiro atoms. The smallest absolute Gasteiger partial charge is 0.264 e. The molecule has 2 amide bonds. The maximum Gasteiger partial charge on any atom is 0.264 e.